The number of phosphoric ester groups is 1. The molecule has 0 aliphatic rings. The minimum absolute atomic E-state index is 0.0288. The Kier molecular flexibility index (Phi) is 11.3. The normalized spacial score (nSPS) is 12.2. The number of Topliss-reactive ketones (excluding diaryl/α,β-unsaturated/α-hetero) is 1. The Hall–Kier alpha value is -0.860. The average Bonchev–Trinajstić information content (AvgIpc) is 2.43. The van der Waals surface area contributed by atoms with Crippen molar-refractivity contribution in [2.45, 2.75) is 20.8 Å². The van der Waals surface area contributed by atoms with Crippen LogP contribution < -0.4 is 0 Å². The standard InChI is InChI=1S/C16H29O8P/c1-13(2)6-21-9-16(10-22-7-14(3)4,11-23-8-15(5)17)12-24-25(18,19)20/h1,3,6-12H2,2,4-5H3,(H2,18,19,20). The molecule has 146 valence electrons. The Balaban J connectivity index is 5.10. The van der Waals surface area contributed by atoms with Crippen LogP contribution in [0.1, 0.15) is 20.8 Å². The van der Waals surface area contributed by atoms with E-state index in [2.05, 4.69) is 17.7 Å². The number of ether oxygens (including phenoxy) is 3. The lowest BCUT2D eigenvalue weighted by Gasteiger charge is -2.32. The predicted octanol–water partition coefficient (Wildman–Crippen LogP) is 1.87. The van der Waals surface area contributed by atoms with Gasteiger partial charge in [0.2, 0.25) is 0 Å². The van der Waals surface area contributed by atoms with Crippen LogP contribution in [0.5, 0.6) is 0 Å². The minimum atomic E-state index is -4.68. The molecule has 0 fully saturated rings. The SMILES string of the molecule is C=C(C)COCC(COCC(=C)C)(COCC(C)=O)COP(=O)(O)O. The van der Waals surface area contributed by atoms with Gasteiger partial charge in [0.05, 0.1) is 45.1 Å². The molecule has 25 heavy (non-hydrogen) atoms. The lowest BCUT2D eigenvalue weighted by Crippen LogP contribution is -2.42. The summed E-state index contributed by atoms with van der Waals surface area (Å²) in [5.74, 6) is -0.171. The first-order valence-corrected chi connectivity index (χ1v) is 9.20. The molecule has 0 aromatic heterocycles. The topological polar surface area (TPSA) is 112 Å². The van der Waals surface area contributed by atoms with E-state index in [1.807, 2.05) is 0 Å². The molecule has 0 saturated heterocycles. The van der Waals surface area contributed by atoms with Crippen LogP contribution in [0.4, 0.5) is 0 Å². The van der Waals surface area contributed by atoms with Gasteiger partial charge in [-0.3, -0.25) is 9.32 Å². The van der Waals surface area contributed by atoms with Crippen LogP contribution in [0.15, 0.2) is 24.3 Å². The summed E-state index contributed by atoms with van der Waals surface area (Å²) in [6.45, 7) is 12.5. The Morgan fingerprint density at radius 1 is 0.880 bits per heavy atom. The molecule has 0 saturated carbocycles. The van der Waals surface area contributed by atoms with Crippen molar-refractivity contribution < 1.29 is 37.9 Å². The highest BCUT2D eigenvalue weighted by molar-refractivity contribution is 7.46. The van der Waals surface area contributed by atoms with Crippen molar-refractivity contribution in [1.82, 2.24) is 0 Å². The highest BCUT2D eigenvalue weighted by Crippen LogP contribution is 2.38. The van der Waals surface area contributed by atoms with Crippen LogP contribution in [-0.2, 0) is 28.1 Å². The molecule has 0 heterocycles. The zero-order valence-corrected chi connectivity index (χ0v) is 16.0. The van der Waals surface area contributed by atoms with Crippen LogP contribution in [0.2, 0.25) is 0 Å². The Labute approximate surface area is 149 Å². The van der Waals surface area contributed by atoms with Gasteiger partial charge in [0, 0.05) is 0 Å². The van der Waals surface area contributed by atoms with E-state index in [0.717, 1.165) is 11.1 Å². The van der Waals surface area contributed by atoms with Gasteiger partial charge in [-0.15, -0.1) is 0 Å². The summed E-state index contributed by atoms with van der Waals surface area (Å²) in [7, 11) is -4.68. The molecule has 0 spiro atoms. The van der Waals surface area contributed by atoms with Gasteiger partial charge in [0.15, 0.2) is 5.78 Å². The van der Waals surface area contributed by atoms with Crippen molar-refractivity contribution in [2.24, 2.45) is 5.41 Å². The van der Waals surface area contributed by atoms with E-state index in [1.165, 1.54) is 6.92 Å². The number of carbonyl (C=O) groups is 1. The van der Waals surface area contributed by atoms with Crippen LogP contribution in [-0.4, -0.2) is 61.8 Å². The van der Waals surface area contributed by atoms with Crippen molar-refractivity contribution in [2.75, 3.05) is 46.2 Å². The highest BCUT2D eigenvalue weighted by atomic mass is 31.2. The lowest BCUT2D eigenvalue weighted by atomic mass is 9.92. The lowest BCUT2D eigenvalue weighted by molar-refractivity contribution is -0.127. The Morgan fingerprint density at radius 3 is 1.60 bits per heavy atom. The first-order chi connectivity index (χ1) is 11.5. The van der Waals surface area contributed by atoms with Crippen molar-refractivity contribution in [3.05, 3.63) is 24.3 Å². The maximum atomic E-state index is 11.1. The fraction of sp³-hybridized carbons (Fsp3) is 0.688. The van der Waals surface area contributed by atoms with Gasteiger partial charge in [-0.2, -0.15) is 0 Å². The molecule has 0 radical (unpaired) electrons. The van der Waals surface area contributed by atoms with Crippen molar-refractivity contribution in [3.8, 4) is 0 Å². The van der Waals surface area contributed by atoms with Gasteiger partial charge in [0.1, 0.15) is 6.61 Å². The molecule has 0 amide bonds. The molecule has 8 nitrogen and oxygen atoms in total. The molecule has 0 atom stereocenters. The fourth-order valence-electron chi connectivity index (χ4n) is 1.77. The average molecular weight is 380 g/mol. The van der Waals surface area contributed by atoms with E-state index < -0.39 is 13.2 Å². The summed E-state index contributed by atoms with van der Waals surface area (Å²) in [5.41, 5.74) is 0.580. The molecule has 0 bridgehead atoms. The maximum Gasteiger partial charge on any atom is 0.469 e. The van der Waals surface area contributed by atoms with Crippen LogP contribution >= 0.6 is 7.82 Å². The van der Waals surface area contributed by atoms with Gasteiger partial charge < -0.3 is 24.0 Å². The number of phosphoric acid groups is 1. The van der Waals surface area contributed by atoms with E-state index in [0.29, 0.717) is 0 Å². The number of ketones is 1. The largest absolute Gasteiger partial charge is 0.469 e. The van der Waals surface area contributed by atoms with E-state index in [-0.39, 0.29) is 52.0 Å². The molecule has 2 N–H and O–H groups in total. The van der Waals surface area contributed by atoms with Crippen molar-refractivity contribution in [1.29, 1.82) is 0 Å². The first kappa shape index (κ1) is 24.1. The van der Waals surface area contributed by atoms with Crippen LogP contribution in [0, 0.1) is 5.41 Å². The quantitative estimate of drug-likeness (QED) is 0.327. The molecule has 0 aliphatic carbocycles. The van der Waals surface area contributed by atoms with Crippen molar-refractivity contribution >= 4 is 13.6 Å². The summed E-state index contributed by atoms with van der Waals surface area (Å²) in [6, 6.07) is 0. The Bertz CT molecular complexity index is 446. The van der Waals surface area contributed by atoms with E-state index >= 15 is 0 Å². The molecular formula is C16H29O8P. The molecule has 0 unspecified atom stereocenters. The van der Waals surface area contributed by atoms with Gasteiger partial charge in [-0.1, -0.05) is 24.3 Å². The highest BCUT2D eigenvalue weighted by Gasteiger charge is 2.35. The number of carbonyl (C=O) groups excluding carboxylic acids is 1. The third-order valence-corrected chi connectivity index (χ3v) is 3.23. The van der Waals surface area contributed by atoms with E-state index in [1.54, 1.807) is 13.8 Å². The molecule has 0 aliphatic heterocycles. The number of rotatable bonds is 15. The third kappa shape index (κ3) is 14.0. The minimum Gasteiger partial charge on any atom is -0.376 e. The van der Waals surface area contributed by atoms with Gasteiger partial charge in [0.25, 0.3) is 0 Å². The molecule has 0 aromatic rings. The number of hydrogen-bond donors (Lipinski definition) is 2. The third-order valence-electron chi connectivity index (χ3n) is 2.77. The summed E-state index contributed by atoms with van der Waals surface area (Å²) >= 11 is 0. The van der Waals surface area contributed by atoms with Crippen molar-refractivity contribution in [3.63, 3.8) is 0 Å². The Morgan fingerprint density at radius 2 is 1.28 bits per heavy atom. The second kappa shape index (κ2) is 11.7. The summed E-state index contributed by atoms with van der Waals surface area (Å²) in [4.78, 5) is 29.1. The molecule has 0 aromatic carbocycles. The second-order valence-electron chi connectivity index (χ2n) is 6.36. The van der Waals surface area contributed by atoms with E-state index in [4.69, 9.17) is 24.0 Å². The second-order valence-corrected chi connectivity index (χ2v) is 7.60. The summed E-state index contributed by atoms with van der Waals surface area (Å²) in [6.07, 6.45) is 0. The zero-order chi connectivity index (χ0) is 19.5. The maximum absolute atomic E-state index is 11.1. The molecular weight excluding hydrogens is 351 g/mol. The van der Waals surface area contributed by atoms with E-state index in [9.17, 15) is 9.36 Å². The first-order valence-electron chi connectivity index (χ1n) is 7.67. The van der Waals surface area contributed by atoms with Crippen LogP contribution in [0.25, 0.3) is 0 Å². The molecule has 0 rings (SSSR count). The van der Waals surface area contributed by atoms with Gasteiger partial charge in [-0.05, 0) is 20.8 Å². The monoisotopic (exact) mass is 380 g/mol. The van der Waals surface area contributed by atoms with Crippen LogP contribution in [0.3, 0.4) is 0 Å². The van der Waals surface area contributed by atoms with Gasteiger partial charge >= 0.3 is 7.82 Å². The summed E-state index contributed by atoms with van der Waals surface area (Å²) < 4.78 is 32.2. The smallest absolute Gasteiger partial charge is 0.376 e. The predicted molar refractivity (Wildman–Crippen MR) is 93.2 cm³/mol. The number of hydrogen-bond acceptors (Lipinski definition) is 6. The fourth-order valence-corrected chi connectivity index (χ4v) is 2.21. The molecule has 9 heteroatoms. The summed E-state index contributed by atoms with van der Waals surface area (Å²) in [5, 5.41) is 0. The van der Waals surface area contributed by atoms with Gasteiger partial charge in [-0.25, -0.2) is 4.57 Å². The zero-order valence-electron chi connectivity index (χ0n) is 15.2.